The van der Waals surface area contributed by atoms with Gasteiger partial charge >= 0.3 is 0 Å². The predicted molar refractivity (Wildman–Crippen MR) is 105 cm³/mol. The minimum Gasteiger partial charge on any atom is -0.479 e. The van der Waals surface area contributed by atoms with Crippen molar-refractivity contribution < 1.29 is 14.3 Å². The first-order valence-corrected chi connectivity index (χ1v) is 8.78. The number of aryl methyl sites for hydroxylation is 1. The van der Waals surface area contributed by atoms with Crippen LogP contribution in [0.5, 0.6) is 5.75 Å². The van der Waals surface area contributed by atoms with E-state index in [-0.39, 0.29) is 17.7 Å². The number of nitrogens with one attached hydrogen (secondary N) is 2. The van der Waals surface area contributed by atoms with Gasteiger partial charge in [-0.2, -0.15) is 0 Å². The molecule has 2 aromatic rings. The molecule has 2 aromatic carbocycles. The summed E-state index contributed by atoms with van der Waals surface area (Å²) in [6.07, 6.45) is -0.713. The van der Waals surface area contributed by atoms with Gasteiger partial charge in [-0.1, -0.05) is 31.5 Å². The molecule has 0 aliphatic heterocycles. The SMILES string of the molecule is Cc1ccc(Cl)c(OC(C)C(=O)Nc2ccc(NC(=O)C(C)C)cc2)c1. The Morgan fingerprint density at radius 2 is 1.46 bits per heavy atom. The lowest BCUT2D eigenvalue weighted by Crippen LogP contribution is -2.30. The minimum absolute atomic E-state index is 0.0566. The first-order valence-electron chi connectivity index (χ1n) is 8.41. The summed E-state index contributed by atoms with van der Waals surface area (Å²) >= 11 is 6.10. The molecule has 26 heavy (non-hydrogen) atoms. The van der Waals surface area contributed by atoms with Crippen LogP contribution in [0.25, 0.3) is 0 Å². The van der Waals surface area contributed by atoms with Gasteiger partial charge in [-0.3, -0.25) is 9.59 Å². The predicted octanol–water partition coefficient (Wildman–Crippen LogP) is 4.65. The van der Waals surface area contributed by atoms with Gasteiger partial charge < -0.3 is 15.4 Å². The molecule has 0 saturated carbocycles. The van der Waals surface area contributed by atoms with Crippen molar-refractivity contribution in [2.24, 2.45) is 5.92 Å². The Kier molecular flexibility index (Phi) is 6.64. The highest BCUT2D eigenvalue weighted by molar-refractivity contribution is 6.32. The number of amides is 2. The minimum atomic E-state index is -0.713. The zero-order valence-corrected chi connectivity index (χ0v) is 16.1. The number of rotatable bonds is 6. The molecule has 6 heteroatoms. The van der Waals surface area contributed by atoms with Crippen LogP contribution in [0.2, 0.25) is 5.02 Å². The normalized spacial score (nSPS) is 11.8. The molecule has 1 atom stereocenters. The molecule has 2 N–H and O–H groups in total. The van der Waals surface area contributed by atoms with Crippen LogP contribution in [0.15, 0.2) is 42.5 Å². The van der Waals surface area contributed by atoms with Crippen LogP contribution in [0.1, 0.15) is 26.3 Å². The molecule has 0 spiro atoms. The van der Waals surface area contributed by atoms with Crippen molar-refractivity contribution in [2.75, 3.05) is 10.6 Å². The second-order valence-corrected chi connectivity index (χ2v) is 6.81. The van der Waals surface area contributed by atoms with Crippen LogP contribution in [-0.4, -0.2) is 17.9 Å². The molecule has 0 aromatic heterocycles. The smallest absolute Gasteiger partial charge is 0.265 e. The molecule has 0 fully saturated rings. The van der Waals surface area contributed by atoms with E-state index in [1.807, 2.05) is 26.8 Å². The van der Waals surface area contributed by atoms with Crippen molar-refractivity contribution >= 4 is 34.8 Å². The number of carbonyl (C=O) groups is 2. The molecule has 0 aliphatic rings. The summed E-state index contributed by atoms with van der Waals surface area (Å²) in [5.74, 6) is 0.0299. The van der Waals surface area contributed by atoms with E-state index in [1.165, 1.54) is 0 Å². The number of carbonyl (C=O) groups excluding carboxylic acids is 2. The summed E-state index contributed by atoms with van der Waals surface area (Å²) in [4.78, 5) is 24.0. The van der Waals surface area contributed by atoms with Gasteiger partial charge in [0, 0.05) is 17.3 Å². The van der Waals surface area contributed by atoms with Crippen LogP contribution in [0.4, 0.5) is 11.4 Å². The third-order valence-corrected chi connectivity index (χ3v) is 4.02. The molecule has 5 nitrogen and oxygen atoms in total. The van der Waals surface area contributed by atoms with Crippen LogP contribution in [0, 0.1) is 12.8 Å². The second kappa shape index (κ2) is 8.72. The molecular weight excluding hydrogens is 352 g/mol. The van der Waals surface area contributed by atoms with E-state index in [9.17, 15) is 9.59 Å². The summed E-state index contributed by atoms with van der Waals surface area (Å²) in [6, 6.07) is 12.3. The molecule has 0 saturated heterocycles. The van der Waals surface area contributed by atoms with E-state index in [2.05, 4.69) is 10.6 Å². The van der Waals surface area contributed by atoms with Gasteiger partial charge in [0.25, 0.3) is 5.91 Å². The van der Waals surface area contributed by atoms with Crippen LogP contribution in [-0.2, 0) is 9.59 Å². The quantitative estimate of drug-likeness (QED) is 0.773. The number of halogens is 1. The topological polar surface area (TPSA) is 67.4 Å². The van der Waals surface area contributed by atoms with Crippen LogP contribution < -0.4 is 15.4 Å². The van der Waals surface area contributed by atoms with Crippen molar-refractivity contribution in [1.82, 2.24) is 0 Å². The first-order chi connectivity index (χ1) is 12.3. The lowest BCUT2D eigenvalue weighted by Gasteiger charge is -2.16. The zero-order chi connectivity index (χ0) is 19.3. The van der Waals surface area contributed by atoms with Gasteiger partial charge in [-0.15, -0.1) is 0 Å². The summed E-state index contributed by atoms with van der Waals surface area (Å²) in [5.41, 5.74) is 2.29. The molecule has 2 amide bonds. The molecular formula is C20H23ClN2O3. The van der Waals surface area contributed by atoms with Gasteiger partial charge in [0.2, 0.25) is 5.91 Å². The van der Waals surface area contributed by atoms with Crippen molar-refractivity contribution in [1.29, 1.82) is 0 Å². The first kappa shape index (κ1) is 19.8. The molecule has 0 aliphatic carbocycles. The number of ether oxygens (including phenoxy) is 1. The number of benzene rings is 2. The molecule has 1 unspecified atom stereocenters. The van der Waals surface area contributed by atoms with Crippen molar-refractivity contribution in [3.05, 3.63) is 53.1 Å². The Hall–Kier alpha value is -2.53. The third-order valence-electron chi connectivity index (χ3n) is 3.70. The largest absolute Gasteiger partial charge is 0.479 e. The Bertz CT molecular complexity index is 788. The maximum absolute atomic E-state index is 12.3. The number of anilines is 2. The highest BCUT2D eigenvalue weighted by atomic mass is 35.5. The zero-order valence-electron chi connectivity index (χ0n) is 15.3. The maximum atomic E-state index is 12.3. The fourth-order valence-corrected chi connectivity index (χ4v) is 2.27. The highest BCUT2D eigenvalue weighted by Gasteiger charge is 2.16. The standard InChI is InChI=1S/C20H23ClN2O3/c1-12(2)19(24)22-15-6-8-16(9-7-15)23-20(25)14(4)26-18-11-13(3)5-10-17(18)21/h5-12,14H,1-4H3,(H,22,24)(H,23,25). The van der Waals surface area contributed by atoms with E-state index < -0.39 is 6.10 Å². The van der Waals surface area contributed by atoms with Crippen molar-refractivity contribution in [2.45, 2.75) is 33.8 Å². The monoisotopic (exact) mass is 374 g/mol. The van der Waals surface area contributed by atoms with Gasteiger partial charge in [-0.25, -0.2) is 0 Å². The lowest BCUT2D eigenvalue weighted by molar-refractivity contribution is -0.122. The van der Waals surface area contributed by atoms with Crippen molar-refractivity contribution in [3.8, 4) is 5.75 Å². The molecule has 138 valence electrons. The Morgan fingerprint density at radius 3 is 2.00 bits per heavy atom. The summed E-state index contributed by atoms with van der Waals surface area (Å²) in [6.45, 7) is 7.23. The number of hydrogen-bond acceptors (Lipinski definition) is 3. The van der Waals surface area contributed by atoms with E-state index in [1.54, 1.807) is 43.3 Å². The maximum Gasteiger partial charge on any atom is 0.265 e. The summed E-state index contributed by atoms with van der Waals surface area (Å²) in [5, 5.41) is 6.04. The molecule has 0 bridgehead atoms. The Morgan fingerprint density at radius 1 is 0.923 bits per heavy atom. The fraction of sp³-hybridized carbons (Fsp3) is 0.300. The van der Waals surface area contributed by atoms with Crippen LogP contribution in [0.3, 0.4) is 0 Å². The van der Waals surface area contributed by atoms with E-state index in [0.717, 1.165) is 5.56 Å². The molecule has 0 heterocycles. The highest BCUT2D eigenvalue weighted by Crippen LogP contribution is 2.26. The molecule has 2 rings (SSSR count). The van der Waals surface area contributed by atoms with E-state index in [4.69, 9.17) is 16.3 Å². The Balaban J connectivity index is 1.96. The second-order valence-electron chi connectivity index (χ2n) is 6.40. The molecule has 0 radical (unpaired) electrons. The summed E-state index contributed by atoms with van der Waals surface area (Å²) < 4.78 is 5.66. The van der Waals surface area contributed by atoms with Crippen LogP contribution >= 0.6 is 11.6 Å². The Labute approximate surface area is 158 Å². The van der Waals surface area contributed by atoms with Gasteiger partial charge in [0.05, 0.1) is 5.02 Å². The van der Waals surface area contributed by atoms with Crippen molar-refractivity contribution in [3.63, 3.8) is 0 Å². The van der Waals surface area contributed by atoms with E-state index in [0.29, 0.717) is 22.1 Å². The third kappa shape index (κ3) is 5.49. The van der Waals surface area contributed by atoms with E-state index >= 15 is 0 Å². The summed E-state index contributed by atoms with van der Waals surface area (Å²) in [7, 11) is 0. The lowest BCUT2D eigenvalue weighted by atomic mass is 10.2. The van der Waals surface area contributed by atoms with Gasteiger partial charge in [-0.05, 0) is 55.8 Å². The average Bonchev–Trinajstić information content (AvgIpc) is 2.59. The number of hydrogen-bond donors (Lipinski definition) is 2. The van der Waals surface area contributed by atoms with Gasteiger partial charge in [0.1, 0.15) is 5.75 Å². The fourth-order valence-electron chi connectivity index (χ4n) is 2.11. The van der Waals surface area contributed by atoms with Gasteiger partial charge in [0.15, 0.2) is 6.10 Å². The average molecular weight is 375 g/mol.